The van der Waals surface area contributed by atoms with Gasteiger partial charge in [0.1, 0.15) is 0 Å². The normalized spacial score (nSPS) is 13.2. The molecule has 6 heteroatoms. The highest BCUT2D eigenvalue weighted by Gasteiger charge is 2.56. The molecule has 0 unspecified atom stereocenters. The molecule has 2 heterocycles. The fourth-order valence-electron chi connectivity index (χ4n) is 18.9. The molecule has 0 amide bonds. The van der Waals surface area contributed by atoms with Gasteiger partial charge in [-0.2, -0.15) is 0 Å². The van der Waals surface area contributed by atoms with Crippen LogP contribution in [0.2, 0.25) is 0 Å². The summed E-state index contributed by atoms with van der Waals surface area (Å²) < 4.78 is 0. The van der Waals surface area contributed by atoms with E-state index in [0.717, 1.165) is 102 Å². The lowest BCUT2D eigenvalue weighted by molar-refractivity contribution is 0.725. The molecule has 2 aliphatic heterocycles. The van der Waals surface area contributed by atoms with Crippen molar-refractivity contribution in [3.63, 3.8) is 0 Å². The van der Waals surface area contributed by atoms with Crippen LogP contribution in [0, 0.1) is 0 Å². The highest BCUT2D eigenvalue weighted by Crippen LogP contribution is 2.68. The van der Waals surface area contributed by atoms with E-state index in [4.69, 9.17) is 0 Å². The first-order chi connectivity index (χ1) is 55.4. The summed E-state index contributed by atoms with van der Waals surface area (Å²) in [6.45, 7) is 0. The summed E-state index contributed by atoms with van der Waals surface area (Å²) >= 11 is 0. The van der Waals surface area contributed by atoms with E-state index in [1.165, 1.54) is 78.1 Å². The number of anilines is 16. The van der Waals surface area contributed by atoms with Crippen molar-refractivity contribution in [3.8, 4) is 44.5 Å². The highest BCUT2D eigenvalue weighted by molar-refractivity contribution is 6.00. The van der Waals surface area contributed by atoms with Gasteiger partial charge in [0.25, 0.3) is 0 Å². The van der Waals surface area contributed by atoms with Gasteiger partial charge in [0.15, 0.2) is 0 Å². The van der Waals surface area contributed by atoms with Crippen molar-refractivity contribution in [1.29, 1.82) is 0 Å². The Morgan fingerprint density at radius 3 is 0.589 bits per heavy atom. The van der Waals surface area contributed by atoms with Crippen molar-refractivity contribution in [1.82, 2.24) is 0 Å². The Morgan fingerprint density at radius 2 is 0.348 bits per heavy atom. The molecule has 0 N–H and O–H groups in total. The summed E-state index contributed by atoms with van der Waals surface area (Å²) in [7, 11) is 4.60. The standard InChI is InChI=1S/C106H76N6/c1-107-101-67-65-87(111(81-37-17-7-18-38-81)85-61-53-75(54-62-85)73-49-57-83(58-50-73)109(77-29-9-3-10-30-77)78-31-11-4-12-32-78)69-97(101)105(93-45-25-21-41-89(93)90-42-22-26-46-94(90)105)99-72-104-100(71-103(99)107)106(95-47-27-23-43-91(95)92-44-24-28-48-96(92)106)98-70-88(66-68-102(98)108(104)2)112(82-39-19-8-20-40-82)86-63-55-76(56-64-86)74-51-59-84(60-52-74)110(79-33-13-5-14-34-79)80-35-15-6-16-36-80/h3-72H,1-2H3. The highest BCUT2D eigenvalue weighted by atomic mass is 15.2. The van der Waals surface area contributed by atoms with Gasteiger partial charge < -0.3 is 29.4 Å². The quantitative estimate of drug-likeness (QED) is 0.107. The van der Waals surface area contributed by atoms with Crippen molar-refractivity contribution in [2.75, 3.05) is 43.5 Å². The van der Waals surface area contributed by atoms with Crippen LogP contribution >= 0.6 is 0 Å². The Labute approximate surface area is 654 Å². The Hall–Kier alpha value is -14.5. The summed E-state index contributed by atoms with van der Waals surface area (Å²) in [5, 5.41) is 0. The van der Waals surface area contributed by atoms with Crippen LogP contribution in [0.3, 0.4) is 0 Å². The third-order valence-corrected chi connectivity index (χ3v) is 23.8. The minimum absolute atomic E-state index is 0.755. The molecule has 0 bridgehead atoms. The maximum atomic E-state index is 2.60. The number of hydrogen-bond acceptors (Lipinski definition) is 6. The lowest BCUT2D eigenvalue weighted by Crippen LogP contribution is -2.40. The Kier molecular flexibility index (Phi) is 15.7. The predicted molar refractivity (Wildman–Crippen MR) is 467 cm³/mol. The van der Waals surface area contributed by atoms with E-state index < -0.39 is 10.8 Å². The zero-order chi connectivity index (χ0) is 74.4. The number of benzene rings is 17. The minimum atomic E-state index is -0.755. The smallest absolute Gasteiger partial charge is 0.0755 e. The molecule has 17 aromatic carbocycles. The van der Waals surface area contributed by atoms with Crippen molar-refractivity contribution >= 4 is 91.0 Å². The van der Waals surface area contributed by atoms with E-state index in [2.05, 4.69) is 468 Å². The molecular weight excluding hydrogens is 1360 g/mol. The molecule has 0 aromatic heterocycles. The Bertz CT molecular complexity index is 5830. The van der Waals surface area contributed by atoms with Crippen molar-refractivity contribution < 1.29 is 0 Å². The van der Waals surface area contributed by atoms with Crippen molar-refractivity contribution in [2.24, 2.45) is 0 Å². The molecule has 6 nitrogen and oxygen atoms in total. The number of nitrogens with zero attached hydrogens (tertiary/aromatic N) is 6. The summed E-state index contributed by atoms with van der Waals surface area (Å²) in [5.41, 5.74) is 35.8. The molecular formula is C106H76N6. The summed E-state index contributed by atoms with van der Waals surface area (Å²) in [5.74, 6) is 0. The van der Waals surface area contributed by atoms with Crippen LogP contribution in [0.5, 0.6) is 0 Å². The summed E-state index contributed by atoms with van der Waals surface area (Å²) in [6.07, 6.45) is 0. The number of fused-ring (bicyclic) bond motifs is 18. The van der Waals surface area contributed by atoms with Crippen LogP contribution in [0.4, 0.5) is 91.0 Å². The third-order valence-electron chi connectivity index (χ3n) is 23.8. The first kappa shape index (κ1) is 65.8. The molecule has 0 radical (unpaired) electrons. The molecule has 2 aliphatic carbocycles. The van der Waals surface area contributed by atoms with Gasteiger partial charge in [-0.25, -0.2) is 0 Å². The molecule has 0 saturated carbocycles. The fraction of sp³-hybridized carbons (Fsp3) is 0.0377. The maximum absolute atomic E-state index is 2.60. The van der Waals surface area contributed by atoms with Crippen LogP contribution in [-0.2, 0) is 10.8 Å². The second-order valence-electron chi connectivity index (χ2n) is 29.6. The molecule has 2 spiro atoms. The Balaban J connectivity index is 0.700. The van der Waals surface area contributed by atoms with Crippen LogP contribution < -0.4 is 29.4 Å². The van der Waals surface area contributed by atoms with Gasteiger partial charge in [-0.3, -0.25) is 0 Å². The molecule has 0 atom stereocenters. The topological polar surface area (TPSA) is 19.4 Å². The van der Waals surface area contributed by atoms with Crippen molar-refractivity contribution in [3.05, 3.63) is 469 Å². The van der Waals surface area contributed by atoms with E-state index in [1.807, 2.05) is 0 Å². The molecule has 0 fully saturated rings. The van der Waals surface area contributed by atoms with Gasteiger partial charge in [0, 0.05) is 105 Å². The van der Waals surface area contributed by atoms with E-state index in [9.17, 15) is 0 Å². The van der Waals surface area contributed by atoms with Crippen molar-refractivity contribution in [2.45, 2.75) is 10.8 Å². The molecule has 21 rings (SSSR count). The number of para-hydroxylation sites is 6. The third kappa shape index (κ3) is 10.3. The average Bonchev–Trinajstić information content (AvgIpc) is 1.39. The molecule has 112 heavy (non-hydrogen) atoms. The van der Waals surface area contributed by atoms with Crippen LogP contribution in [0.15, 0.2) is 425 Å². The van der Waals surface area contributed by atoms with Crippen LogP contribution in [0.1, 0.15) is 44.5 Å². The first-order valence-electron chi connectivity index (χ1n) is 38.7. The van der Waals surface area contributed by atoms with E-state index in [1.54, 1.807) is 0 Å². The zero-order valence-corrected chi connectivity index (χ0v) is 62.1. The molecule has 17 aromatic rings. The van der Waals surface area contributed by atoms with Gasteiger partial charge in [-0.15, -0.1) is 0 Å². The van der Waals surface area contributed by atoms with Gasteiger partial charge >= 0.3 is 0 Å². The fourth-order valence-corrected chi connectivity index (χ4v) is 18.9. The summed E-state index contributed by atoms with van der Waals surface area (Å²) in [4.78, 5) is 14.5. The van der Waals surface area contributed by atoms with Gasteiger partial charge in [-0.05, 0) is 259 Å². The zero-order valence-electron chi connectivity index (χ0n) is 62.1. The predicted octanol–water partition coefficient (Wildman–Crippen LogP) is 27.8. The molecule has 4 aliphatic rings. The Morgan fingerprint density at radius 1 is 0.161 bits per heavy atom. The van der Waals surface area contributed by atoms with Gasteiger partial charge in [0.05, 0.1) is 10.8 Å². The lowest BCUT2D eigenvalue weighted by atomic mass is 9.61. The monoisotopic (exact) mass is 1430 g/mol. The first-order valence-corrected chi connectivity index (χ1v) is 38.7. The van der Waals surface area contributed by atoms with Crippen LogP contribution in [0.25, 0.3) is 44.5 Å². The second kappa shape index (κ2) is 26.7. The largest absolute Gasteiger partial charge is 0.344 e. The van der Waals surface area contributed by atoms with E-state index >= 15 is 0 Å². The maximum Gasteiger partial charge on any atom is 0.0755 e. The average molecular weight is 1430 g/mol. The lowest BCUT2D eigenvalue weighted by Gasteiger charge is -2.48. The van der Waals surface area contributed by atoms with Gasteiger partial charge in [0.2, 0.25) is 0 Å². The molecule has 0 saturated heterocycles. The number of rotatable bonds is 14. The minimum Gasteiger partial charge on any atom is -0.344 e. The SMILES string of the molecule is CN1c2ccc(N(c3ccccc3)c3ccc(-c4ccc(N(c5ccccc5)c5ccccc5)cc4)cc3)cc2C2(c3ccccc3-c3ccccc32)c2cc3c(cc21)C1(c2ccccc2-c2ccccc21)c1cc(N(c2ccccc2)c2ccc(-c4ccc(N(c5ccccc5)c5ccccc5)cc4)cc2)ccc1N3C. The molecule has 530 valence electrons. The number of hydrogen-bond donors (Lipinski definition) is 0. The van der Waals surface area contributed by atoms with E-state index in [-0.39, 0.29) is 0 Å². The van der Waals surface area contributed by atoms with Gasteiger partial charge in [-0.1, -0.05) is 255 Å². The van der Waals surface area contributed by atoms with E-state index in [0.29, 0.717) is 0 Å². The summed E-state index contributed by atoms with van der Waals surface area (Å²) in [6, 6.07) is 157. The van der Waals surface area contributed by atoms with Crippen LogP contribution in [-0.4, -0.2) is 14.1 Å². The second-order valence-corrected chi connectivity index (χ2v) is 29.6.